The van der Waals surface area contributed by atoms with E-state index in [9.17, 15) is 32.7 Å². The Kier molecular flexibility index (Phi) is 13.6. The lowest BCUT2D eigenvalue weighted by Gasteiger charge is -2.34. The normalized spacial score (nSPS) is 17.5. The summed E-state index contributed by atoms with van der Waals surface area (Å²) < 4.78 is 42.7. The second-order valence-electron chi connectivity index (χ2n) is 14.5. The van der Waals surface area contributed by atoms with Crippen molar-refractivity contribution < 1.29 is 37.1 Å². The summed E-state index contributed by atoms with van der Waals surface area (Å²) in [5, 5.41) is 24.1. The number of nitrogens with zero attached hydrogens (tertiary/aromatic N) is 6. The Bertz CT molecular complexity index is 1530. The Hall–Kier alpha value is -4.45. The molecular weight excluding hydrogens is 665 g/mol. The van der Waals surface area contributed by atoms with E-state index in [0.717, 1.165) is 18.5 Å². The van der Waals surface area contributed by atoms with Crippen molar-refractivity contribution in [1.29, 1.82) is 5.26 Å². The SMILES string of the molecule is C[N+](C)(C)CCC[C@H](NC(=O)CCCC1CCN(c2cc(N3CCC[C@H]3C(=O)NCCc3ccc(C#N)cc3)nc(C(F)(F)F)n2)CC1)C(=O)O. The molecule has 0 aliphatic carbocycles. The summed E-state index contributed by atoms with van der Waals surface area (Å²) in [6.45, 7) is 2.50. The van der Waals surface area contributed by atoms with Crippen molar-refractivity contribution >= 4 is 29.4 Å². The third-order valence-corrected chi connectivity index (χ3v) is 9.51. The molecule has 0 spiro atoms. The lowest BCUT2D eigenvalue weighted by molar-refractivity contribution is -0.870. The fourth-order valence-electron chi connectivity index (χ4n) is 6.66. The summed E-state index contributed by atoms with van der Waals surface area (Å²) in [7, 11) is 6.08. The summed E-state index contributed by atoms with van der Waals surface area (Å²) in [6, 6.07) is 9.09. The number of piperidine rings is 1. The fourth-order valence-corrected chi connectivity index (χ4v) is 6.66. The zero-order chi connectivity index (χ0) is 37.2. The number of carboxylic acid groups (broad SMARTS) is 1. The lowest BCUT2D eigenvalue weighted by Crippen LogP contribution is -2.44. The number of halogens is 3. The van der Waals surface area contributed by atoms with Gasteiger partial charge in [-0.1, -0.05) is 12.1 Å². The minimum Gasteiger partial charge on any atom is -0.480 e. The molecule has 2 atom stereocenters. The van der Waals surface area contributed by atoms with Crippen molar-refractivity contribution in [2.24, 2.45) is 5.92 Å². The highest BCUT2D eigenvalue weighted by Gasteiger charge is 2.39. The van der Waals surface area contributed by atoms with Crippen molar-refractivity contribution in [2.45, 2.75) is 82.5 Å². The number of benzene rings is 1. The lowest BCUT2D eigenvalue weighted by atomic mass is 9.91. The van der Waals surface area contributed by atoms with Gasteiger partial charge >= 0.3 is 12.1 Å². The van der Waals surface area contributed by atoms with Crippen LogP contribution in [0.3, 0.4) is 0 Å². The van der Waals surface area contributed by atoms with Crippen LogP contribution < -0.4 is 20.4 Å². The number of rotatable bonds is 16. The highest BCUT2D eigenvalue weighted by molar-refractivity contribution is 5.85. The molecule has 0 bridgehead atoms. The number of amides is 2. The highest BCUT2D eigenvalue weighted by atomic mass is 19.4. The summed E-state index contributed by atoms with van der Waals surface area (Å²) >= 11 is 0. The van der Waals surface area contributed by atoms with E-state index in [2.05, 4.69) is 26.7 Å². The number of aliphatic carboxylic acids is 1. The molecule has 2 aliphatic rings. The van der Waals surface area contributed by atoms with Crippen molar-refractivity contribution in [1.82, 2.24) is 20.6 Å². The van der Waals surface area contributed by atoms with Crippen LogP contribution in [-0.2, 0) is 27.0 Å². The van der Waals surface area contributed by atoms with Gasteiger partial charge in [-0.25, -0.2) is 14.8 Å². The number of carbonyl (C=O) groups is 3. The van der Waals surface area contributed by atoms with Crippen molar-refractivity contribution in [3.63, 3.8) is 0 Å². The van der Waals surface area contributed by atoms with E-state index in [1.54, 1.807) is 23.1 Å². The minimum absolute atomic E-state index is 0.0716. The maximum Gasteiger partial charge on any atom is 0.451 e. The van der Waals surface area contributed by atoms with Gasteiger partial charge in [-0.05, 0) is 81.4 Å². The van der Waals surface area contributed by atoms with Crippen LogP contribution in [0.4, 0.5) is 24.8 Å². The van der Waals surface area contributed by atoms with E-state index in [4.69, 9.17) is 5.26 Å². The number of carboxylic acids is 1. The molecule has 4 rings (SSSR count). The fraction of sp³-hybridized carbons (Fsp3) is 0.611. The molecule has 12 nitrogen and oxygen atoms in total. The molecule has 2 aromatic rings. The quantitative estimate of drug-likeness (QED) is 0.218. The summed E-state index contributed by atoms with van der Waals surface area (Å²) in [6.07, 6.45) is 0.894. The Morgan fingerprint density at radius 3 is 2.35 bits per heavy atom. The number of quaternary nitrogens is 1. The molecule has 0 saturated carbocycles. The average Bonchev–Trinajstić information content (AvgIpc) is 3.58. The smallest absolute Gasteiger partial charge is 0.451 e. The van der Waals surface area contributed by atoms with E-state index >= 15 is 0 Å². The van der Waals surface area contributed by atoms with Gasteiger partial charge in [0.25, 0.3) is 0 Å². The third-order valence-electron chi connectivity index (χ3n) is 9.51. The predicted molar refractivity (Wildman–Crippen MR) is 186 cm³/mol. The average molecular weight is 716 g/mol. The maximum atomic E-state index is 14.0. The predicted octanol–water partition coefficient (Wildman–Crippen LogP) is 4.14. The van der Waals surface area contributed by atoms with E-state index in [0.29, 0.717) is 87.6 Å². The zero-order valence-corrected chi connectivity index (χ0v) is 29.7. The molecule has 1 aromatic heterocycles. The van der Waals surface area contributed by atoms with E-state index in [-0.39, 0.29) is 35.8 Å². The first-order valence-electron chi connectivity index (χ1n) is 17.7. The number of hydrogen-bond acceptors (Lipinski definition) is 8. The van der Waals surface area contributed by atoms with E-state index < -0.39 is 30.1 Å². The molecule has 2 saturated heterocycles. The van der Waals surface area contributed by atoms with Crippen LogP contribution in [0.15, 0.2) is 30.3 Å². The summed E-state index contributed by atoms with van der Waals surface area (Å²) in [5.74, 6) is -2.34. The van der Waals surface area contributed by atoms with Crippen LogP contribution in [0.25, 0.3) is 0 Å². The topological polar surface area (TPSA) is 152 Å². The van der Waals surface area contributed by atoms with Crippen LogP contribution in [0.5, 0.6) is 0 Å². The molecule has 278 valence electrons. The number of anilines is 2. The van der Waals surface area contributed by atoms with E-state index in [1.165, 1.54) is 0 Å². The number of hydrogen-bond donors (Lipinski definition) is 3. The second-order valence-corrected chi connectivity index (χ2v) is 14.5. The number of carbonyl (C=O) groups excluding carboxylic acids is 2. The first-order valence-corrected chi connectivity index (χ1v) is 17.7. The number of alkyl halides is 3. The van der Waals surface area contributed by atoms with Crippen LogP contribution in [0, 0.1) is 17.2 Å². The van der Waals surface area contributed by atoms with Crippen LogP contribution in [-0.4, -0.2) is 103 Å². The maximum absolute atomic E-state index is 14.0. The standard InChI is InChI=1S/C36H49F3N8O4/c1-47(2,3)22-6-8-28(34(50)51)42-32(48)10-4-7-25-16-20-45(21-17-25)30-23-31(44-35(43-30)36(37,38)39)46-19-5-9-29(46)33(49)41-18-15-26-11-13-27(24-40)14-12-26/h11-14,23,25,28-29H,4-10,15-22H2,1-3H3,(H2-,41,42,48,49,50,51)/p+1/t28-,29-/m0/s1. The molecule has 3 N–H and O–H groups in total. The largest absolute Gasteiger partial charge is 0.480 e. The Morgan fingerprint density at radius 1 is 1.04 bits per heavy atom. The molecule has 0 radical (unpaired) electrons. The van der Waals surface area contributed by atoms with Gasteiger partial charge in [0.15, 0.2) is 0 Å². The van der Waals surface area contributed by atoms with Gasteiger partial charge < -0.3 is 30.0 Å². The highest BCUT2D eigenvalue weighted by Crippen LogP contribution is 2.34. The van der Waals surface area contributed by atoms with Crippen molar-refractivity contribution in [3.05, 3.63) is 47.3 Å². The summed E-state index contributed by atoms with van der Waals surface area (Å²) in [4.78, 5) is 48.6. The first kappa shape index (κ1) is 39.3. The van der Waals surface area contributed by atoms with Crippen molar-refractivity contribution in [2.75, 3.05) is 63.7 Å². The van der Waals surface area contributed by atoms with E-state index in [1.807, 2.05) is 38.2 Å². The van der Waals surface area contributed by atoms with Gasteiger partial charge in [-0.2, -0.15) is 18.4 Å². The van der Waals surface area contributed by atoms with Crippen LogP contribution >= 0.6 is 0 Å². The van der Waals surface area contributed by atoms with Gasteiger partial charge in [0.2, 0.25) is 17.6 Å². The molecule has 3 heterocycles. The molecule has 2 aliphatic heterocycles. The number of nitriles is 1. The number of aromatic nitrogens is 2. The van der Waals surface area contributed by atoms with Gasteiger partial charge in [0, 0.05) is 38.7 Å². The van der Waals surface area contributed by atoms with Gasteiger partial charge in [-0.3, -0.25) is 9.59 Å². The molecule has 0 unspecified atom stereocenters. The van der Waals surface area contributed by atoms with Gasteiger partial charge in [0.1, 0.15) is 23.7 Å². The Labute approximate surface area is 297 Å². The van der Waals surface area contributed by atoms with Gasteiger partial charge in [-0.15, -0.1) is 0 Å². The molecule has 2 fully saturated rings. The molecule has 15 heteroatoms. The molecule has 51 heavy (non-hydrogen) atoms. The first-order chi connectivity index (χ1) is 24.1. The minimum atomic E-state index is -4.77. The Morgan fingerprint density at radius 2 is 1.73 bits per heavy atom. The summed E-state index contributed by atoms with van der Waals surface area (Å²) in [5.41, 5.74) is 1.50. The molecular formula is C36H50F3N8O4+. The third kappa shape index (κ3) is 12.1. The van der Waals surface area contributed by atoms with Crippen LogP contribution in [0.1, 0.15) is 74.7 Å². The van der Waals surface area contributed by atoms with Crippen LogP contribution in [0.2, 0.25) is 0 Å². The van der Waals surface area contributed by atoms with Crippen molar-refractivity contribution in [3.8, 4) is 6.07 Å². The Balaban J connectivity index is 1.30. The van der Waals surface area contributed by atoms with Gasteiger partial charge in [0.05, 0.1) is 39.3 Å². The molecule has 1 aromatic carbocycles. The zero-order valence-electron chi connectivity index (χ0n) is 29.7. The monoisotopic (exact) mass is 715 g/mol. The molecule has 2 amide bonds. The number of nitrogens with one attached hydrogen (secondary N) is 2. The second kappa shape index (κ2) is 17.7.